The molecule has 0 saturated heterocycles. The third-order valence-electron chi connectivity index (χ3n) is 9.52. The summed E-state index contributed by atoms with van der Waals surface area (Å²) in [7, 11) is 6.23. The van der Waals surface area contributed by atoms with Crippen molar-refractivity contribution in [3.8, 4) is 0 Å². The van der Waals surface area contributed by atoms with Crippen LogP contribution in [0.4, 0.5) is 0 Å². The number of likely N-dealkylation sites (N-methyl/N-ethyl adjacent to an activating group) is 1. The largest absolute Gasteiger partial charge is 1.00 e. The summed E-state index contributed by atoms with van der Waals surface area (Å²) < 4.78 is 0.545. The first-order valence-corrected chi connectivity index (χ1v) is 21.3. The Kier molecular flexibility index (Phi) is 42.6. The Balaban J connectivity index is -0.00000508. The fourth-order valence-corrected chi connectivity index (χ4v) is 6.67. The smallest absolute Gasteiger partial charge is 0.190 e. The van der Waals surface area contributed by atoms with E-state index in [1.54, 1.807) is 0 Å². The maximum atomic E-state index is 13.3. The van der Waals surface area contributed by atoms with Crippen LogP contribution in [0.2, 0.25) is 0 Å². The Morgan fingerprint density at radius 2 is 0.714 bits per heavy atom. The van der Waals surface area contributed by atoms with E-state index in [0.717, 1.165) is 25.7 Å². The van der Waals surface area contributed by atoms with Crippen LogP contribution >= 0.6 is 0 Å². The van der Waals surface area contributed by atoms with Crippen molar-refractivity contribution in [2.45, 2.75) is 227 Å². The van der Waals surface area contributed by atoms with Crippen molar-refractivity contribution in [2.24, 2.45) is 5.92 Å². The fourth-order valence-electron chi connectivity index (χ4n) is 6.67. The van der Waals surface area contributed by atoms with Crippen LogP contribution in [-0.4, -0.2) is 43.2 Å². The Labute approximate surface area is 315 Å². The van der Waals surface area contributed by atoms with E-state index in [4.69, 9.17) is 0 Å². The quantitative estimate of drug-likeness (QED) is 0.0379. The number of ketones is 2. The molecule has 0 aromatic rings. The molecular formula is C45H88ClNO2. The number of quaternary nitrogens is 1. The van der Waals surface area contributed by atoms with Crippen LogP contribution in [0, 0.1) is 5.92 Å². The van der Waals surface area contributed by atoms with Crippen molar-refractivity contribution in [3.05, 3.63) is 24.3 Å². The molecule has 0 radical (unpaired) electrons. The topological polar surface area (TPSA) is 34.1 Å². The molecule has 2 unspecified atom stereocenters. The molecule has 0 bridgehead atoms. The zero-order valence-electron chi connectivity index (χ0n) is 34.6. The molecule has 0 aromatic carbocycles. The number of Topliss-reactive ketones (excluding diaryl/α,β-unsaturated/α-hetero) is 2. The molecule has 3 nitrogen and oxygen atoms in total. The highest BCUT2D eigenvalue weighted by Crippen LogP contribution is 2.22. The molecular weight excluding hydrogens is 622 g/mol. The minimum absolute atomic E-state index is 0. The van der Waals surface area contributed by atoms with Crippen LogP contribution in [0.5, 0.6) is 0 Å². The number of allylic oxidation sites excluding steroid dienone is 4. The SMILES string of the molecule is CCC.CCCCCCCC/C=C\CCCCCCCC(=O)C(C)C(C(=O)CCCCCCC/C=C\CCCCCCCC)[N+](C)(C)C.[Cl-]. The second-order valence-corrected chi connectivity index (χ2v) is 15.7. The molecule has 0 N–H and O–H groups in total. The Bertz CT molecular complexity index is 754. The van der Waals surface area contributed by atoms with E-state index in [1.807, 2.05) is 6.92 Å². The van der Waals surface area contributed by atoms with Crippen LogP contribution < -0.4 is 12.4 Å². The van der Waals surface area contributed by atoms with Gasteiger partial charge in [0.1, 0.15) is 5.78 Å². The predicted octanol–water partition coefficient (Wildman–Crippen LogP) is 11.3. The van der Waals surface area contributed by atoms with Gasteiger partial charge in [-0.3, -0.25) is 9.59 Å². The zero-order valence-corrected chi connectivity index (χ0v) is 35.4. The second-order valence-electron chi connectivity index (χ2n) is 15.7. The molecule has 2 atom stereocenters. The van der Waals surface area contributed by atoms with Crippen LogP contribution in [0.15, 0.2) is 24.3 Å². The maximum Gasteiger partial charge on any atom is 0.190 e. The highest BCUT2D eigenvalue weighted by molar-refractivity contribution is 5.91. The molecule has 0 aromatic heterocycles. The molecule has 292 valence electrons. The average molecular weight is 711 g/mol. The minimum atomic E-state index is -0.225. The summed E-state index contributed by atoms with van der Waals surface area (Å²) in [5.74, 6) is 0.367. The van der Waals surface area contributed by atoms with Crippen LogP contribution in [0.25, 0.3) is 0 Å². The van der Waals surface area contributed by atoms with Gasteiger partial charge in [0, 0.05) is 12.8 Å². The number of carbonyl (C=O) groups is 2. The van der Waals surface area contributed by atoms with E-state index in [2.05, 4.69) is 73.1 Å². The van der Waals surface area contributed by atoms with Gasteiger partial charge in [-0.15, -0.1) is 0 Å². The maximum absolute atomic E-state index is 13.3. The molecule has 0 saturated carbocycles. The van der Waals surface area contributed by atoms with Gasteiger partial charge in [0.15, 0.2) is 11.8 Å². The number of nitrogens with zero attached hydrogens (tertiary/aromatic N) is 1. The molecule has 0 rings (SSSR count). The average Bonchev–Trinajstić information content (AvgIpc) is 3.04. The van der Waals surface area contributed by atoms with E-state index >= 15 is 0 Å². The summed E-state index contributed by atoms with van der Waals surface area (Å²) in [6.45, 7) is 10.8. The lowest BCUT2D eigenvalue weighted by Crippen LogP contribution is -3.00. The summed E-state index contributed by atoms with van der Waals surface area (Å²) in [5, 5.41) is 0. The summed E-state index contributed by atoms with van der Waals surface area (Å²) in [6, 6.07) is -0.225. The molecule has 0 heterocycles. The number of hydrogen-bond donors (Lipinski definition) is 0. The molecule has 0 amide bonds. The normalized spacial score (nSPS) is 12.9. The van der Waals surface area contributed by atoms with Crippen molar-refractivity contribution >= 4 is 11.6 Å². The Hall–Kier alpha value is -0.930. The molecule has 0 aliphatic rings. The van der Waals surface area contributed by atoms with Crippen LogP contribution in [0.1, 0.15) is 221 Å². The Morgan fingerprint density at radius 1 is 0.449 bits per heavy atom. The van der Waals surface area contributed by atoms with Gasteiger partial charge in [-0.05, 0) is 71.1 Å². The third kappa shape index (κ3) is 36.7. The first-order valence-electron chi connectivity index (χ1n) is 21.3. The standard InChI is InChI=1S/C42H80NO2.C3H8.ClH/c1-7-9-11-13-15-17-19-21-23-25-27-29-31-33-35-37-40(44)39(3)42(43(4,5)6)41(45)38-36-34-32-30-28-26-24-22-20-18-16-14-12-10-8-2;1-3-2;/h21-24,39,42H,7-20,25-38H2,1-6H3;3H2,1-2H3;1H/q+1;;/p-1/b23-21-,24-22-;;. The van der Waals surface area contributed by atoms with Crippen molar-refractivity contribution in [2.75, 3.05) is 21.1 Å². The van der Waals surface area contributed by atoms with Gasteiger partial charge in [0.2, 0.25) is 0 Å². The summed E-state index contributed by atoms with van der Waals surface area (Å²) >= 11 is 0. The van der Waals surface area contributed by atoms with E-state index in [1.165, 1.54) is 148 Å². The number of halogens is 1. The summed E-state index contributed by atoms with van der Waals surface area (Å²) in [5.41, 5.74) is 0. The first-order chi connectivity index (χ1) is 23.2. The van der Waals surface area contributed by atoms with Crippen molar-refractivity contribution in [3.63, 3.8) is 0 Å². The monoisotopic (exact) mass is 710 g/mol. The van der Waals surface area contributed by atoms with Gasteiger partial charge in [-0.25, -0.2) is 0 Å². The second kappa shape index (κ2) is 39.8. The molecule has 0 fully saturated rings. The van der Waals surface area contributed by atoms with Gasteiger partial charge >= 0.3 is 0 Å². The van der Waals surface area contributed by atoms with Crippen molar-refractivity contribution in [1.82, 2.24) is 0 Å². The van der Waals surface area contributed by atoms with Gasteiger partial charge in [0.05, 0.1) is 27.1 Å². The van der Waals surface area contributed by atoms with Gasteiger partial charge in [-0.1, -0.05) is 161 Å². The minimum Gasteiger partial charge on any atom is -1.00 e. The van der Waals surface area contributed by atoms with Crippen LogP contribution in [-0.2, 0) is 9.59 Å². The van der Waals surface area contributed by atoms with Gasteiger partial charge < -0.3 is 16.9 Å². The van der Waals surface area contributed by atoms with Gasteiger partial charge in [-0.2, -0.15) is 0 Å². The predicted molar refractivity (Wildman–Crippen MR) is 216 cm³/mol. The molecule has 49 heavy (non-hydrogen) atoms. The van der Waals surface area contributed by atoms with Crippen LogP contribution in [0.3, 0.4) is 0 Å². The number of carbonyl (C=O) groups excluding carboxylic acids is 2. The number of rotatable bonds is 34. The highest BCUT2D eigenvalue weighted by Gasteiger charge is 2.39. The fraction of sp³-hybridized carbons (Fsp3) is 0.867. The molecule has 4 heteroatoms. The molecule has 0 aliphatic carbocycles. The molecule has 0 aliphatic heterocycles. The Morgan fingerprint density at radius 3 is 1.02 bits per heavy atom. The summed E-state index contributed by atoms with van der Waals surface area (Å²) in [6.07, 6.45) is 44.9. The van der Waals surface area contributed by atoms with Crippen molar-refractivity contribution in [1.29, 1.82) is 0 Å². The van der Waals surface area contributed by atoms with E-state index in [-0.39, 0.29) is 35.9 Å². The number of unbranched alkanes of at least 4 members (excludes halogenated alkanes) is 22. The number of hydrogen-bond acceptors (Lipinski definition) is 2. The summed E-state index contributed by atoms with van der Waals surface area (Å²) in [4.78, 5) is 26.4. The third-order valence-corrected chi connectivity index (χ3v) is 9.52. The van der Waals surface area contributed by atoms with Crippen molar-refractivity contribution < 1.29 is 26.5 Å². The highest BCUT2D eigenvalue weighted by atomic mass is 35.5. The van der Waals surface area contributed by atoms with E-state index in [0.29, 0.717) is 17.3 Å². The lowest BCUT2D eigenvalue weighted by Gasteiger charge is -2.36. The van der Waals surface area contributed by atoms with Gasteiger partial charge in [0.25, 0.3) is 0 Å². The first kappa shape index (κ1) is 52.4. The van der Waals surface area contributed by atoms with E-state index in [9.17, 15) is 9.59 Å². The lowest BCUT2D eigenvalue weighted by atomic mass is 9.87. The lowest BCUT2D eigenvalue weighted by molar-refractivity contribution is -0.889. The zero-order chi connectivity index (χ0) is 36.1. The molecule has 0 spiro atoms. The van der Waals surface area contributed by atoms with E-state index < -0.39 is 0 Å².